The molecule has 1 aromatic carbocycles. The Balaban J connectivity index is 1.88. The molecule has 0 amide bonds. The number of terminal acetylenes is 1. The number of nitrogens with one attached hydrogen (secondary N) is 1. The Kier molecular flexibility index (Phi) is 5.87. The minimum Gasteiger partial charge on any atom is -0.490 e. The molecule has 0 unspecified atom stereocenters. The van der Waals surface area contributed by atoms with Crippen LogP contribution in [0.15, 0.2) is 34.7 Å². The number of carbonyl (C=O) groups is 2. The van der Waals surface area contributed by atoms with Gasteiger partial charge < -0.3 is 14.8 Å². The summed E-state index contributed by atoms with van der Waals surface area (Å²) in [5.74, 6) is 3.00. The number of hydrogen-bond acceptors (Lipinski definition) is 5. The number of halogens is 1. The monoisotopic (exact) mass is 425 g/mol. The molecule has 5 nitrogen and oxygen atoms in total. The third-order valence-corrected chi connectivity index (χ3v) is 6.04. The normalized spacial score (nSPS) is 19.1. The molecular formula is C24H24ClNO4. The van der Waals surface area contributed by atoms with Crippen molar-refractivity contribution in [1.29, 1.82) is 0 Å². The van der Waals surface area contributed by atoms with Crippen molar-refractivity contribution in [3.05, 3.63) is 45.3 Å². The van der Waals surface area contributed by atoms with Crippen molar-refractivity contribution in [1.82, 2.24) is 5.32 Å². The molecule has 0 bridgehead atoms. The first-order valence-corrected chi connectivity index (χ1v) is 10.7. The van der Waals surface area contributed by atoms with Crippen LogP contribution < -0.4 is 14.8 Å². The summed E-state index contributed by atoms with van der Waals surface area (Å²) in [4.78, 5) is 25.9. The number of allylic oxidation sites excluding steroid dienone is 4. The van der Waals surface area contributed by atoms with E-state index in [2.05, 4.69) is 11.2 Å². The van der Waals surface area contributed by atoms with Gasteiger partial charge in [0.25, 0.3) is 0 Å². The van der Waals surface area contributed by atoms with Gasteiger partial charge in [-0.05, 0) is 50.3 Å². The molecule has 156 valence electrons. The second-order valence-electron chi connectivity index (χ2n) is 7.65. The first-order chi connectivity index (χ1) is 14.5. The lowest BCUT2D eigenvalue weighted by Crippen LogP contribution is -2.36. The van der Waals surface area contributed by atoms with Gasteiger partial charge in [0.1, 0.15) is 6.61 Å². The number of benzene rings is 1. The van der Waals surface area contributed by atoms with E-state index in [-0.39, 0.29) is 18.2 Å². The second kappa shape index (κ2) is 8.57. The summed E-state index contributed by atoms with van der Waals surface area (Å²) < 4.78 is 11.4. The van der Waals surface area contributed by atoms with E-state index in [0.29, 0.717) is 47.1 Å². The summed E-state index contributed by atoms with van der Waals surface area (Å²) in [6.07, 6.45) is 9.54. The molecule has 0 radical (unpaired) electrons. The van der Waals surface area contributed by atoms with Gasteiger partial charge in [-0.1, -0.05) is 17.5 Å². The lowest BCUT2D eigenvalue weighted by molar-refractivity contribution is -0.116. The topological polar surface area (TPSA) is 64.6 Å². The Morgan fingerprint density at radius 3 is 2.27 bits per heavy atom. The molecule has 0 atom stereocenters. The molecule has 30 heavy (non-hydrogen) atoms. The molecule has 0 aromatic heterocycles. The summed E-state index contributed by atoms with van der Waals surface area (Å²) >= 11 is 6.56. The number of Topliss-reactive ketones (excluding diaryl/α,β-unsaturated/α-hetero) is 2. The molecular weight excluding hydrogens is 402 g/mol. The number of carbonyl (C=O) groups excluding carboxylic acids is 2. The van der Waals surface area contributed by atoms with Gasteiger partial charge >= 0.3 is 0 Å². The van der Waals surface area contributed by atoms with Crippen molar-refractivity contribution in [2.24, 2.45) is 0 Å². The fourth-order valence-corrected chi connectivity index (χ4v) is 4.86. The van der Waals surface area contributed by atoms with Gasteiger partial charge in [-0.3, -0.25) is 9.59 Å². The molecule has 2 aliphatic carbocycles. The van der Waals surface area contributed by atoms with Crippen molar-refractivity contribution >= 4 is 23.2 Å². The van der Waals surface area contributed by atoms with Gasteiger partial charge in [0.2, 0.25) is 0 Å². The average molecular weight is 426 g/mol. The maximum absolute atomic E-state index is 13.0. The van der Waals surface area contributed by atoms with E-state index in [4.69, 9.17) is 27.5 Å². The molecule has 0 saturated heterocycles. The molecule has 0 spiro atoms. The maximum Gasteiger partial charge on any atom is 0.181 e. The molecule has 1 N–H and O–H groups in total. The molecule has 1 heterocycles. The highest BCUT2D eigenvalue weighted by Crippen LogP contribution is 2.48. The summed E-state index contributed by atoms with van der Waals surface area (Å²) in [7, 11) is 0. The van der Waals surface area contributed by atoms with Gasteiger partial charge in [-0.25, -0.2) is 0 Å². The Labute approximate surface area is 181 Å². The summed E-state index contributed by atoms with van der Waals surface area (Å²) in [6.45, 7) is 2.35. The van der Waals surface area contributed by atoms with Crippen LogP contribution in [0, 0.1) is 12.3 Å². The predicted molar refractivity (Wildman–Crippen MR) is 115 cm³/mol. The Hall–Kier alpha value is -2.71. The zero-order valence-electron chi connectivity index (χ0n) is 17.0. The largest absolute Gasteiger partial charge is 0.490 e. The molecule has 6 heteroatoms. The van der Waals surface area contributed by atoms with Crippen LogP contribution >= 0.6 is 11.6 Å². The molecule has 3 aliphatic rings. The standard InChI is InChI=1S/C24H24ClNO4/c1-3-11-30-24-15(25)12-14(13-20(24)29-4-2)21-22-16(7-5-9-18(22)27)26-17-8-6-10-19(28)23(17)21/h1,12-13,21,26H,4-11H2,2H3. The Bertz CT molecular complexity index is 973. The van der Waals surface area contributed by atoms with Gasteiger partial charge in [-0.2, -0.15) is 0 Å². The number of ketones is 2. The average Bonchev–Trinajstić information content (AvgIpc) is 2.72. The van der Waals surface area contributed by atoms with Crippen LogP contribution in [0.3, 0.4) is 0 Å². The zero-order valence-corrected chi connectivity index (χ0v) is 17.7. The van der Waals surface area contributed by atoms with E-state index < -0.39 is 5.92 Å². The first kappa shape index (κ1) is 20.6. The van der Waals surface area contributed by atoms with Crippen LogP contribution in [0.1, 0.15) is 56.9 Å². The van der Waals surface area contributed by atoms with Gasteiger partial charge in [0, 0.05) is 41.3 Å². The lowest BCUT2D eigenvalue weighted by Gasteiger charge is -2.37. The maximum atomic E-state index is 13.0. The predicted octanol–water partition coefficient (Wildman–Crippen LogP) is 4.45. The number of ether oxygens (including phenoxy) is 2. The lowest BCUT2D eigenvalue weighted by atomic mass is 9.71. The molecule has 1 aliphatic heterocycles. The molecule has 1 aromatic rings. The van der Waals surface area contributed by atoms with Gasteiger partial charge in [-0.15, -0.1) is 6.42 Å². The quantitative estimate of drug-likeness (QED) is 0.706. The highest BCUT2D eigenvalue weighted by atomic mass is 35.5. The van der Waals surface area contributed by atoms with Crippen molar-refractivity contribution in [3.8, 4) is 23.8 Å². The van der Waals surface area contributed by atoms with Crippen molar-refractivity contribution < 1.29 is 19.1 Å². The van der Waals surface area contributed by atoms with Crippen LogP contribution in [0.4, 0.5) is 0 Å². The summed E-state index contributed by atoms with van der Waals surface area (Å²) in [5, 5.41) is 3.77. The Morgan fingerprint density at radius 2 is 1.70 bits per heavy atom. The molecule has 4 rings (SSSR count). The zero-order chi connectivity index (χ0) is 21.3. The molecule has 0 fully saturated rings. The fourth-order valence-electron chi connectivity index (χ4n) is 4.59. The highest BCUT2D eigenvalue weighted by molar-refractivity contribution is 6.32. The van der Waals surface area contributed by atoms with Crippen molar-refractivity contribution in [2.45, 2.75) is 51.4 Å². The van der Waals surface area contributed by atoms with E-state index in [1.165, 1.54) is 0 Å². The van der Waals surface area contributed by atoms with E-state index in [1.807, 2.05) is 13.0 Å². The fraction of sp³-hybridized carbons (Fsp3) is 0.417. The minimum absolute atomic E-state index is 0.0636. The van der Waals surface area contributed by atoms with E-state index in [9.17, 15) is 9.59 Å². The van der Waals surface area contributed by atoms with E-state index in [0.717, 1.165) is 42.6 Å². The van der Waals surface area contributed by atoms with Crippen molar-refractivity contribution in [3.63, 3.8) is 0 Å². The smallest absolute Gasteiger partial charge is 0.181 e. The SMILES string of the molecule is C#CCOc1c(Cl)cc(C2C3=C(CCCC3=O)NC3=C2C(=O)CCC3)cc1OCC. The van der Waals surface area contributed by atoms with Crippen LogP contribution in [-0.4, -0.2) is 24.8 Å². The third-order valence-electron chi connectivity index (χ3n) is 5.76. The third kappa shape index (κ3) is 3.61. The highest BCUT2D eigenvalue weighted by Gasteiger charge is 2.40. The second-order valence-corrected chi connectivity index (χ2v) is 8.06. The van der Waals surface area contributed by atoms with Crippen LogP contribution in [0.5, 0.6) is 11.5 Å². The minimum atomic E-state index is -0.435. The van der Waals surface area contributed by atoms with E-state index >= 15 is 0 Å². The van der Waals surface area contributed by atoms with Crippen molar-refractivity contribution in [2.75, 3.05) is 13.2 Å². The van der Waals surface area contributed by atoms with E-state index in [1.54, 1.807) is 6.07 Å². The first-order valence-electron chi connectivity index (χ1n) is 10.4. The number of hydrogen-bond donors (Lipinski definition) is 1. The van der Waals surface area contributed by atoms with Gasteiger partial charge in [0.05, 0.1) is 11.6 Å². The van der Waals surface area contributed by atoms with Gasteiger partial charge in [0.15, 0.2) is 23.1 Å². The van der Waals surface area contributed by atoms with Crippen LogP contribution in [0.2, 0.25) is 5.02 Å². The van der Waals surface area contributed by atoms with Crippen LogP contribution in [-0.2, 0) is 9.59 Å². The summed E-state index contributed by atoms with van der Waals surface area (Å²) in [5.41, 5.74) is 4.01. The summed E-state index contributed by atoms with van der Waals surface area (Å²) in [6, 6.07) is 3.60. The Morgan fingerprint density at radius 1 is 1.07 bits per heavy atom. The van der Waals surface area contributed by atoms with Crippen LogP contribution in [0.25, 0.3) is 0 Å². The number of dihydropyridines is 1. The molecule has 0 saturated carbocycles. The number of rotatable bonds is 5.